The van der Waals surface area contributed by atoms with Crippen LogP contribution in [0.2, 0.25) is 0 Å². The zero-order chi connectivity index (χ0) is 15.1. The fourth-order valence-corrected chi connectivity index (χ4v) is 3.00. The Labute approximate surface area is 127 Å². The molecule has 0 radical (unpaired) electrons. The van der Waals surface area contributed by atoms with Crippen molar-refractivity contribution in [3.8, 4) is 0 Å². The van der Waals surface area contributed by atoms with Gasteiger partial charge in [0.2, 0.25) is 0 Å². The van der Waals surface area contributed by atoms with Gasteiger partial charge in [0.15, 0.2) is 11.5 Å². The second kappa shape index (κ2) is 4.84. The monoisotopic (exact) mass is 293 g/mol. The van der Waals surface area contributed by atoms with Crippen LogP contribution in [0.15, 0.2) is 36.7 Å². The largest absolute Gasteiger partial charge is 0.382 e. The Morgan fingerprint density at radius 3 is 2.91 bits per heavy atom. The number of aromatic nitrogens is 3. The standard InChI is InChI=1S/C16H15N5O/c17-15-14(18-6-7-19-15)16(22)21-8-5-13-11(9-21)10-3-1-2-4-12(10)20-13/h1-4,6-7,20H,5,8-9H2,(H2,17,19). The molecule has 1 aromatic carbocycles. The maximum atomic E-state index is 12.6. The van der Waals surface area contributed by atoms with E-state index in [1.165, 1.54) is 29.0 Å². The number of rotatable bonds is 1. The predicted molar refractivity (Wildman–Crippen MR) is 83.2 cm³/mol. The van der Waals surface area contributed by atoms with Gasteiger partial charge in [0.25, 0.3) is 5.91 Å². The summed E-state index contributed by atoms with van der Waals surface area (Å²) >= 11 is 0. The Hall–Kier alpha value is -2.89. The number of nitrogens with zero attached hydrogens (tertiary/aromatic N) is 3. The summed E-state index contributed by atoms with van der Waals surface area (Å²) in [4.78, 5) is 25.9. The predicted octanol–water partition coefficient (Wildman–Crippen LogP) is 1.74. The fraction of sp³-hybridized carbons (Fsp3) is 0.188. The molecule has 2 aromatic heterocycles. The number of benzene rings is 1. The van der Waals surface area contributed by atoms with E-state index in [1.807, 2.05) is 12.1 Å². The molecule has 0 atom stereocenters. The SMILES string of the molecule is Nc1nccnc1C(=O)N1CCc2[nH]c3ccccc3c2C1. The quantitative estimate of drug-likeness (QED) is 0.715. The Morgan fingerprint density at radius 1 is 1.23 bits per heavy atom. The highest BCUT2D eigenvalue weighted by Gasteiger charge is 2.26. The zero-order valence-corrected chi connectivity index (χ0v) is 11.9. The summed E-state index contributed by atoms with van der Waals surface area (Å²) in [6.07, 6.45) is 3.78. The molecule has 22 heavy (non-hydrogen) atoms. The molecule has 6 heteroatoms. The first-order chi connectivity index (χ1) is 10.7. The highest BCUT2D eigenvalue weighted by atomic mass is 16.2. The molecule has 3 N–H and O–H groups in total. The van der Waals surface area contributed by atoms with E-state index >= 15 is 0 Å². The maximum Gasteiger partial charge on any atom is 0.276 e. The van der Waals surface area contributed by atoms with Crippen molar-refractivity contribution in [3.05, 3.63) is 53.6 Å². The van der Waals surface area contributed by atoms with Crippen LogP contribution in [0.5, 0.6) is 0 Å². The molecule has 0 aliphatic carbocycles. The number of nitrogens with two attached hydrogens (primary N) is 1. The summed E-state index contributed by atoms with van der Waals surface area (Å²) in [6, 6.07) is 8.15. The van der Waals surface area contributed by atoms with Crippen molar-refractivity contribution >= 4 is 22.6 Å². The first kappa shape index (κ1) is 12.8. The molecule has 1 amide bonds. The molecule has 4 rings (SSSR count). The van der Waals surface area contributed by atoms with Crippen LogP contribution in [0.1, 0.15) is 21.7 Å². The Balaban J connectivity index is 1.70. The van der Waals surface area contributed by atoms with Gasteiger partial charge in [-0.3, -0.25) is 4.79 Å². The summed E-state index contributed by atoms with van der Waals surface area (Å²) in [6.45, 7) is 1.21. The second-order valence-corrected chi connectivity index (χ2v) is 5.39. The van der Waals surface area contributed by atoms with Gasteiger partial charge >= 0.3 is 0 Å². The number of anilines is 1. The zero-order valence-electron chi connectivity index (χ0n) is 11.9. The van der Waals surface area contributed by atoms with Gasteiger partial charge in [0.05, 0.1) is 0 Å². The van der Waals surface area contributed by atoms with Gasteiger partial charge in [-0.2, -0.15) is 0 Å². The van der Waals surface area contributed by atoms with Crippen LogP contribution in [0, 0.1) is 0 Å². The summed E-state index contributed by atoms with van der Waals surface area (Å²) < 4.78 is 0. The first-order valence-electron chi connectivity index (χ1n) is 7.18. The second-order valence-electron chi connectivity index (χ2n) is 5.39. The average Bonchev–Trinajstić information content (AvgIpc) is 2.92. The number of carbonyl (C=O) groups is 1. The highest BCUT2D eigenvalue weighted by Crippen LogP contribution is 2.28. The highest BCUT2D eigenvalue weighted by molar-refractivity contribution is 5.96. The number of fused-ring (bicyclic) bond motifs is 3. The molecule has 0 spiro atoms. The van der Waals surface area contributed by atoms with E-state index in [4.69, 9.17) is 5.73 Å². The lowest BCUT2D eigenvalue weighted by atomic mass is 10.0. The Bertz CT molecular complexity index is 870. The lowest BCUT2D eigenvalue weighted by molar-refractivity contribution is 0.0730. The molecule has 1 aliphatic rings. The van der Waals surface area contributed by atoms with Crippen LogP contribution in [-0.2, 0) is 13.0 Å². The van der Waals surface area contributed by atoms with Crippen LogP contribution < -0.4 is 5.73 Å². The molecule has 3 heterocycles. The third-order valence-corrected chi connectivity index (χ3v) is 4.10. The van der Waals surface area contributed by atoms with Crippen molar-refractivity contribution in [1.29, 1.82) is 0 Å². The van der Waals surface area contributed by atoms with E-state index in [9.17, 15) is 4.79 Å². The molecule has 0 unspecified atom stereocenters. The van der Waals surface area contributed by atoms with Crippen LogP contribution in [-0.4, -0.2) is 32.3 Å². The van der Waals surface area contributed by atoms with E-state index < -0.39 is 0 Å². The van der Waals surface area contributed by atoms with Crippen molar-refractivity contribution in [1.82, 2.24) is 19.9 Å². The molecule has 1 aliphatic heterocycles. The first-order valence-corrected chi connectivity index (χ1v) is 7.18. The summed E-state index contributed by atoms with van der Waals surface area (Å²) in [7, 11) is 0. The number of nitrogen functional groups attached to an aromatic ring is 1. The minimum absolute atomic E-state index is 0.165. The van der Waals surface area contributed by atoms with Crippen LogP contribution >= 0.6 is 0 Å². The molecule has 6 nitrogen and oxygen atoms in total. The number of hydrogen-bond acceptors (Lipinski definition) is 4. The van der Waals surface area contributed by atoms with Crippen molar-refractivity contribution < 1.29 is 4.79 Å². The topological polar surface area (TPSA) is 87.9 Å². The molecule has 3 aromatic rings. The summed E-state index contributed by atoms with van der Waals surface area (Å²) in [5.74, 6) is 0.0127. The number of hydrogen-bond donors (Lipinski definition) is 2. The van der Waals surface area contributed by atoms with E-state index in [0.717, 1.165) is 11.9 Å². The van der Waals surface area contributed by atoms with Gasteiger partial charge in [-0.15, -0.1) is 0 Å². The van der Waals surface area contributed by atoms with Crippen LogP contribution in [0.4, 0.5) is 5.82 Å². The third kappa shape index (κ3) is 1.92. The van der Waals surface area contributed by atoms with Crippen molar-refractivity contribution in [2.24, 2.45) is 0 Å². The molecule has 0 bridgehead atoms. The number of aromatic amines is 1. The number of amides is 1. The van der Waals surface area contributed by atoms with Gasteiger partial charge in [0.1, 0.15) is 0 Å². The molecule has 0 saturated carbocycles. The van der Waals surface area contributed by atoms with E-state index in [-0.39, 0.29) is 17.4 Å². The van der Waals surface area contributed by atoms with Crippen LogP contribution in [0.3, 0.4) is 0 Å². The van der Waals surface area contributed by atoms with Crippen molar-refractivity contribution in [3.63, 3.8) is 0 Å². The van der Waals surface area contributed by atoms with E-state index in [0.29, 0.717) is 13.1 Å². The molecule has 0 fully saturated rings. The third-order valence-electron chi connectivity index (χ3n) is 4.10. The fourth-order valence-electron chi connectivity index (χ4n) is 3.00. The molecular formula is C16H15N5O. The van der Waals surface area contributed by atoms with Crippen LogP contribution in [0.25, 0.3) is 10.9 Å². The molecule has 0 saturated heterocycles. The molecule has 110 valence electrons. The Morgan fingerprint density at radius 2 is 2.05 bits per heavy atom. The number of carbonyl (C=O) groups excluding carboxylic acids is 1. The number of para-hydroxylation sites is 1. The Kier molecular flexibility index (Phi) is 2.82. The average molecular weight is 293 g/mol. The number of nitrogens with one attached hydrogen (secondary N) is 1. The summed E-state index contributed by atoms with van der Waals surface area (Å²) in [5.41, 5.74) is 9.49. The lowest BCUT2D eigenvalue weighted by Gasteiger charge is -2.27. The maximum absolute atomic E-state index is 12.6. The van der Waals surface area contributed by atoms with Crippen molar-refractivity contribution in [2.75, 3.05) is 12.3 Å². The smallest absolute Gasteiger partial charge is 0.276 e. The van der Waals surface area contributed by atoms with Gasteiger partial charge in [0, 0.05) is 54.1 Å². The van der Waals surface area contributed by atoms with E-state index in [2.05, 4.69) is 27.1 Å². The van der Waals surface area contributed by atoms with Gasteiger partial charge in [-0.1, -0.05) is 18.2 Å². The number of H-pyrrole nitrogens is 1. The van der Waals surface area contributed by atoms with Gasteiger partial charge < -0.3 is 15.6 Å². The minimum Gasteiger partial charge on any atom is -0.382 e. The van der Waals surface area contributed by atoms with Crippen molar-refractivity contribution in [2.45, 2.75) is 13.0 Å². The summed E-state index contributed by atoms with van der Waals surface area (Å²) in [5, 5.41) is 1.17. The minimum atomic E-state index is -0.165. The normalized spacial score (nSPS) is 14.1. The van der Waals surface area contributed by atoms with E-state index in [1.54, 1.807) is 4.90 Å². The lowest BCUT2D eigenvalue weighted by Crippen LogP contribution is -2.36. The van der Waals surface area contributed by atoms with Gasteiger partial charge in [-0.05, 0) is 6.07 Å². The van der Waals surface area contributed by atoms with Gasteiger partial charge in [-0.25, -0.2) is 9.97 Å². The molecular weight excluding hydrogens is 278 g/mol.